The maximum absolute atomic E-state index is 10.8. The van der Waals surface area contributed by atoms with Crippen molar-refractivity contribution in [1.82, 2.24) is 5.32 Å². The Kier molecular flexibility index (Phi) is 5.64. The highest BCUT2D eigenvalue weighted by Crippen LogP contribution is 2.16. The lowest BCUT2D eigenvalue weighted by atomic mass is 10.1. The second-order valence-electron chi connectivity index (χ2n) is 4.35. The highest BCUT2D eigenvalue weighted by atomic mass is 32.2. The molecule has 0 aliphatic heterocycles. The topological polar surface area (TPSA) is 49.3 Å². The van der Waals surface area contributed by atoms with Crippen LogP contribution in [-0.2, 0) is 13.0 Å². The van der Waals surface area contributed by atoms with Crippen molar-refractivity contribution in [3.63, 3.8) is 0 Å². The highest BCUT2D eigenvalue weighted by Gasteiger charge is 2.06. The van der Waals surface area contributed by atoms with E-state index in [4.69, 9.17) is 5.11 Å². The van der Waals surface area contributed by atoms with Crippen LogP contribution in [0.15, 0.2) is 41.3 Å². The summed E-state index contributed by atoms with van der Waals surface area (Å²) < 4.78 is 0. The maximum Gasteiger partial charge on any atom is 0.345 e. The van der Waals surface area contributed by atoms with Crippen LogP contribution >= 0.6 is 23.1 Å². The fourth-order valence-corrected chi connectivity index (χ4v) is 3.05. The van der Waals surface area contributed by atoms with Crippen molar-refractivity contribution in [2.45, 2.75) is 17.9 Å². The molecule has 5 heteroatoms. The van der Waals surface area contributed by atoms with Gasteiger partial charge in [0.15, 0.2) is 0 Å². The lowest BCUT2D eigenvalue weighted by Crippen LogP contribution is -2.15. The molecule has 1 aromatic carbocycles. The van der Waals surface area contributed by atoms with Crippen LogP contribution in [0.25, 0.3) is 0 Å². The van der Waals surface area contributed by atoms with Gasteiger partial charge < -0.3 is 10.4 Å². The molecule has 0 atom stereocenters. The van der Waals surface area contributed by atoms with Gasteiger partial charge in [-0.05, 0) is 49.1 Å². The largest absolute Gasteiger partial charge is 0.477 e. The molecule has 0 bridgehead atoms. The van der Waals surface area contributed by atoms with E-state index >= 15 is 0 Å². The van der Waals surface area contributed by atoms with Gasteiger partial charge >= 0.3 is 5.97 Å². The monoisotopic (exact) mass is 307 g/mol. The second-order valence-corrected chi connectivity index (χ2v) is 6.39. The molecule has 0 amide bonds. The minimum atomic E-state index is -0.852. The van der Waals surface area contributed by atoms with E-state index in [1.807, 2.05) is 6.07 Å². The smallest absolute Gasteiger partial charge is 0.345 e. The van der Waals surface area contributed by atoms with Gasteiger partial charge in [-0.2, -0.15) is 0 Å². The Labute approximate surface area is 127 Å². The molecule has 0 aliphatic carbocycles. The average Bonchev–Trinajstić information content (AvgIpc) is 2.93. The van der Waals surface area contributed by atoms with Gasteiger partial charge in [-0.3, -0.25) is 0 Å². The Balaban J connectivity index is 1.73. The number of aromatic carboxylic acids is 1. The number of carboxylic acids is 1. The van der Waals surface area contributed by atoms with Crippen molar-refractivity contribution in [3.8, 4) is 0 Å². The Morgan fingerprint density at radius 3 is 2.60 bits per heavy atom. The van der Waals surface area contributed by atoms with Gasteiger partial charge in [-0.15, -0.1) is 23.1 Å². The summed E-state index contributed by atoms with van der Waals surface area (Å²) in [5.41, 5.74) is 1.31. The van der Waals surface area contributed by atoms with Gasteiger partial charge in [0.25, 0.3) is 0 Å². The van der Waals surface area contributed by atoms with Crippen molar-refractivity contribution in [1.29, 1.82) is 0 Å². The first kappa shape index (κ1) is 15.1. The molecule has 2 aromatic rings. The lowest BCUT2D eigenvalue weighted by Gasteiger charge is -2.04. The van der Waals surface area contributed by atoms with Crippen molar-refractivity contribution in [2.24, 2.45) is 0 Å². The number of benzene rings is 1. The van der Waals surface area contributed by atoms with Crippen LogP contribution in [0.5, 0.6) is 0 Å². The van der Waals surface area contributed by atoms with E-state index in [0.717, 1.165) is 24.4 Å². The molecule has 0 saturated carbocycles. The summed E-state index contributed by atoms with van der Waals surface area (Å²) in [5, 5.41) is 12.2. The molecule has 2 N–H and O–H groups in total. The third kappa shape index (κ3) is 4.37. The third-order valence-electron chi connectivity index (χ3n) is 2.92. The number of hydrogen-bond acceptors (Lipinski definition) is 4. The molecule has 3 nitrogen and oxygen atoms in total. The summed E-state index contributed by atoms with van der Waals surface area (Å²) in [6, 6.07) is 12.1. The van der Waals surface area contributed by atoms with Gasteiger partial charge in [0.05, 0.1) is 0 Å². The van der Waals surface area contributed by atoms with Crippen LogP contribution in [0.4, 0.5) is 0 Å². The zero-order chi connectivity index (χ0) is 14.4. The first-order chi connectivity index (χ1) is 9.69. The Morgan fingerprint density at radius 2 is 2.00 bits per heavy atom. The Bertz CT molecular complexity index is 564. The molecule has 1 heterocycles. The van der Waals surface area contributed by atoms with Crippen LogP contribution < -0.4 is 5.32 Å². The van der Waals surface area contributed by atoms with Crippen molar-refractivity contribution < 1.29 is 9.90 Å². The number of thioether (sulfide) groups is 1. The molecule has 0 fully saturated rings. The first-order valence-electron chi connectivity index (χ1n) is 6.34. The van der Waals surface area contributed by atoms with Crippen molar-refractivity contribution in [2.75, 3.05) is 12.8 Å². The minimum Gasteiger partial charge on any atom is -0.477 e. The first-order valence-corrected chi connectivity index (χ1v) is 8.39. The molecule has 0 saturated heterocycles. The van der Waals surface area contributed by atoms with Gasteiger partial charge in [-0.1, -0.05) is 12.1 Å². The Hall–Kier alpha value is -1.30. The summed E-state index contributed by atoms with van der Waals surface area (Å²) in [6.45, 7) is 1.61. The lowest BCUT2D eigenvalue weighted by molar-refractivity contribution is 0.0702. The summed E-state index contributed by atoms with van der Waals surface area (Å²) >= 11 is 3.07. The number of rotatable bonds is 7. The molecule has 0 aliphatic rings. The third-order valence-corrected chi connectivity index (χ3v) is 4.74. The van der Waals surface area contributed by atoms with E-state index in [9.17, 15) is 4.79 Å². The molecule has 2 rings (SSSR count). The van der Waals surface area contributed by atoms with Crippen molar-refractivity contribution in [3.05, 3.63) is 51.7 Å². The van der Waals surface area contributed by atoms with E-state index in [2.05, 4.69) is 35.8 Å². The summed E-state index contributed by atoms with van der Waals surface area (Å²) in [4.78, 5) is 13.5. The number of carboxylic acid groups (broad SMARTS) is 1. The Morgan fingerprint density at radius 1 is 1.25 bits per heavy atom. The minimum absolute atomic E-state index is 0.398. The van der Waals surface area contributed by atoms with E-state index in [0.29, 0.717) is 4.88 Å². The zero-order valence-corrected chi connectivity index (χ0v) is 12.9. The molecule has 0 spiro atoms. The number of thiophene rings is 1. The summed E-state index contributed by atoms with van der Waals surface area (Å²) in [7, 11) is 0. The molecule has 106 valence electrons. The van der Waals surface area contributed by atoms with E-state index < -0.39 is 5.97 Å². The van der Waals surface area contributed by atoms with Gasteiger partial charge in [0.1, 0.15) is 4.88 Å². The molecule has 0 unspecified atom stereocenters. The molecular formula is C15H17NO2S2. The molecule has 0 radical (unpaired) electrons. The molecule has 1 aromatic heterocycles. The number of hydrogen-bond donors (Lipinski definition) is 2. The predicted octanol–water partition coefficient (Wildman–Crippen LogP) is 3.50. The van der Waals surface area contributed by atoms with Crippen molar-refractivity contribution >= 4 is 29.1 Å². The normalized spacial score (nSPS) is 10.7. The van der Waals surface area contributed by atoms with Gasteiger partial charge in [-0.25, -0.2) is 4.79 Å². The highest BCUT2D eigenvalue weighted by molar-refractivity contribution is 7.98. The summed E-state index contributed by atoms with van der Waals surface area (Å²) in [5.74, 6) is -0.852. The SMILES string of the molecule is CSc1ccc(CCNCc2ccc(C(=O)O)s2)cc1. The number of carbonyl (C=O) groups is 1. The van der Waals surface area contributed by atoms with Crippen LogP contribution in [-0.4, -0.2) is 23.9 Å². The zero-order valence-electron chi connectivity index (χ0n) is 11.3. The van der Waals surface area contributed by atoms with E-state index in [1.165, 1.54) is 21.8 Å². The standard InChI is InChI=1S/C15H17NO2S2/c1-19-12-4-2-11(3-5-12)8-9-16-10-13-6-7-14(20-13)15(17)18/h2-7,16H,8-10H2,1H3,(H,17,18). The van der Waals surface area contributed by atoms with Crippen LogP contribution in [0.1, 0.15) is 20.1 Å². The van der Waals surface area contributed by atoms with E-state index in [-0.39, 0.29) is 0 Å². The predicted molar refractivity (Wildman–Crippen MR) is 84.9 cm³/mol. The number of nitrogens with one attached hydrogen (secondary N) is 1. The van der Waals surface area contributed by atoms with Crippen LogP contribution in [0, 0.1) is 0 Å². The van der Waals surface area contributed by atoms with Gasteiger partial charge in [0.2, 0.25) is 0 Å². The fourth-order valence-electron chi connectivity index (χ4n) is 1.82. The molecule has 20 heavy (non-hydrogen) atoms. The molecular weight excluding hydrogens is 290 g/mol. The van der Waals surface area contributed by atoms with Gasteiger partial charge in [0, 0.05) is 16.3 Å². The maximum atomic E-state index is 10.8. The quantitative estimate of drug-likeness (QED) is 0.607. The fraction of sp³-hybridized carbons (Fsp3) is 0.267. The van der Waals surface area contributed by atoms with E-state index in [1.54, 1.807) is 17.8 Å². The van der Waals surface area contributed by atoms with Crippen LogP contribution in [0.2, 0.25) is 0 Å². The average molecular weight is 307 g/mol. The van der Waals surface area contributed by atoms with Crippen LogP contribution in [0.3, 0.4) is 0 Å². The summed E-state index contributed by atoms with van der Waals surface area (Å²) in [6.07, 6.45) is 3.05. The second kappa shape index (κ2) is 7.47.